The molecule has 1 heterocycles. The second-order valence-corrected chi connectivity index (χ2v) is 4.82. The van der Waals surface area contributed by atoms with Crippen molar-refractivity contribution in [2.45, 2.75) is 12.8 Å². The Hall–Kier alpha value is -2.11. The third kappa shape index (κ3) is 2.14. The highest BCUT2D eigenvalue weighted by Crippen LogP contribution is 2.31. The number of halogens is 1. The highest BCUT2D eigenvalue weighted by molar-refractivity contribution is 6.30. The molecule has 0 amide bonds. The quantitative estimate of drug-likeness (QED) is 0.732. The van der Waals surface area contributed by atoms with Gasteiger partial charge in [0.15, 0.2) is 0 Å². The van der Waals surface area contributed by atoms with Crippen molar-refractivity contribution in [3.63, 3.8) is 0 Å². The van der Waals surface area contributed by atoms with E-state index in [1.54, 1.807) is 6.07 Å². The Balaban J connectivity index is 2.11. The normalized spacial score (nSPS) is 13.4. The average Bonchev–Trinajstić information content (AvgIpc) is 2.46. The number of allylic oxidation sites excluding steroid dienone is 1. The zero-order valence-electron chi connectivity index (χ0n) is 10.2. The molecule has 0 aliphatic heterocycles. The van der Waals surface area contributed by atoms with E-state index in [1.807, 2.05) is 18.2 Å². The number of nitrogens with zero attached hydrogens (tertiary/aromatic N) is 2. The van der Waals surface area contributed by atoms with Crippen molar-refractivity contribution < 1.29 is 0 Å². The topological polar surface area (TPSA) is 36.7 Å². The first-order valence-electron chi connectivity index (χ1n) is 6.15. The van der Waals surface area contributed by atoms with Gasteiger partial charge in [-0.2, -0.15) is 5.26 Å². The summed E-state index contributed by atoms with van der Waals surface area (Å²) in [5.74, 6) is 0. The molecule has 0 N–H and O–H groups in total. The van der Waals surface area contributed by atoms with E-state index in [0.29, 0.717) is 5.56 Å². The van der Waals surface area contributed by atoms with Crippen LogP contribution >= 0.6 is 11.6 Å². The number of aryl methyl sites for hydroxylation is 1. The van der Waals surface area contributed by atoms with Crippen molar-refractivity contribution in [1.29, 1.82) is 5.26 Å². The Morgan fingerprint density at radius 1 is 1.16 bits per heavy atom. The number of aromatic nitrogens is 1. The van der Waals surface area contributed by atoms with Crippen LogP contribution < -0.4 is 0 Å². The lowest BCUT2D eigenvalue weighted by Gasteiger charge is -2.17. The summed E-state index contributed by atoms with van der Waals surface area (Å²) in [4.78, 5) is 4.34. The summed E-state index contributed by atoms with van der Waals surface area (Å²) in [5, 5.41) is 9.16. The Bertz CT molecular complexity index is 711. The van der Waals surface area contributed by atoms with Crippen LogP contribution in [0.3, 0.4) is 0 Å². The van der Waals surface area contributed by atoms with Gasteiger partial charge < -0.3 is 0 Å². The molecular weight excluding hydrogens is 256 g/mol. The van der Waals surface area contributed by atoms with Crippen molar-refractivity contribution in [2.75, 3.05) is 0 Å². The molecule has 1 aromatic heterocycles. The molecule has 0 saturated carbocycles. The molecule has 2 aromatic rings. The first kappa shape index (κ1) is 12.0. The van der Waals surface area contributed by atoms with Crippen LogP contribution in [0.4, 0.5) is 0 Å². The predicted molar refractivity (Wildman–Crippen MR) is 75.8 cm³/mol. The number of nitriles is 1. The van der Waals surface area contributed by atoms with Gasteiger partial charge in [0, 0.05) is 5.57 Å². The van der Waals surface area contributed by atoms with Gasteiger partial charge in [0.1, 0.15) is 11.2 Å². The fourth-order valence-corrected chi connectivity index (χ4v) is 2.59. The summed E-state index contributed by atoms with van der Waals surface area (Å²) in [6, 6.07) is 14.0. The van der Waals surface area contributed by atoms with Crippen LogP contribution in [0, 0.1) is 11.3 Å². The van der Waals surface area contributed by atoms with E-state index in [-0.39, 0.29) is 5.15 Å². The van der Waals surface area contributed by atoms with E-state index in [2.05, 4.69) is 29.3 Å². The molecule has 92 valence electrons. The van der Waals surface area contributed by atoms with Crippen molar-refractivity contribution >= 4 is 17.2 Å². The lowest BCUT2D eigenvalue weighted by molar-refractivity contribution is 0.974. The predicted octanol–water partition coefficient (Wildman–Crippen LogP) is 3.98. The third-order valence-corrected chi connectivity index (χ3v) is 3.60. The number of pyridine rings is 1. The smallest absolute Gasteiger partial charge is 0.147 e. The molecule has 0 fully saturated rings. The van der Waals surface area contributed by atoms with Gasteiger partial charge >= 0.3 is 0 Å². The number of hydrogen-bond acceptors (Lipinski definition) is 2. The number of hydrogen-bond donors (Lipinski definition) is 0. The van der Waals surface area contributed by atoms with Gasteiger partial charge in [-0.1, -0.05) is 41.9 Å². The first-order valence-corrected chi connectivity index (χ1v) is 6.53. The minimum atomic E-state index is 0.268. The van der Waals surface area contributed by atoms with Gasteiger partial charge in [-0.3, -0.25) is 0 Å². The van der Waals surface area contributed by atoms with Gasteiger partial charge in [0.05, 0.1) is 11.3 Å². The van der Waals surface area contributed by atoms with Gasteiger partial charge in [-0.15, -0.1) is 0 Å². The molecule has 1 aromatic carbocycles. The van der Waals surface area contributed by atoms with Crippen LogP contribution in [0.15, 0.2) is 42.5 Å². The molecule has 1 aliphatic carbocycles. The SMILES string of the molecule is N#Cc1ccc(C2=CCCc3ccccc32)nc1Cl. The summed E-state index contributed by atoms with van der Waals surface area (Å²) in [6.45, 7) is 0. The fraction of sp³-hybridized carbons (Fsp3) is 0.125. The van der Waals surface area contributed by atoms with Crippen molar-refractivity contribution in [3.8, 4) is 6.07 Å². The van der Waals surface area contributed by atoms with Crippen molar-refractivity contribution in [1.82, 2.24) is 4.98 Å². The lowest BCUT2D eigenvalue weighted by atomic mass is 9.89. The molecule has 0 radical (unpaired) electrons. The van der Waals surface area contributed by atoms with Crippen LogP contribution in [0.1, 0.15) is 28.8 Å². The molecule has 0 spiro atoms. The molecule has 19 heavy (non-hydrogen) atoms. The van der Waals surface area contributed by atoms with Crippen LogP contribution in [0.25, 0.3) is 5.57 Å². The molecular formula is C16H11ClN2. The summed E-state index contributed by atoms with van der Waals surface area (Å²) < 4.78 is 0. The van der Waals surface area contributed by atoms with Crippen molar-refractivity contribution in [2.24, 2.45) is 0 Å². The summed E-state index contributed by atoms with van der Waals surface area (Å²) in [6.07, 6.45) is 4.25. The number of fused-ring (bicyclic) bond motifs is 1. The van der Waals surface area contributed by atoms with E-state index in [4.69, 9.17) is 16.9 Å². The lowest BCUT2D eigenvalue weighted by Crippen LogP contribution is -2.02. The highest BCUT2D eigenvalue weighted by atomic mass is 35.5. The van der Waals surface area contributed by atoms with E-state index < -0.39 is 0 Å². The maximum Gasteiger partial charge on any atom is 0.147 e. The van der Waals surface area contributed by atoms with E-state index in [1.165, 1.54) is 11.1 Å². The Morgan fingerprint density at radius 3 is 2.79 bits per heavy atom. The van der Waals surface area contributed by atoms with Crippen LogP contribution in [0.5, 0.6) is 0 Å². The second-order valence-electron chi connectivity index (χ2n) is 4.46. The van der Waals surface area contributed by atoms with Gasteiger partial charge in [-0.25, -0.2) is 4.98 Å². The van der Waals surface area contributed by atoms with Crippen LogP contribution in [0.2, 0.25) is 5.15 Å². The molecule has 2 nitrogen and oxygen atoms in total. The Morgan fingerprint density at radius 2 is 2.00 bits per heavy atom. The van der Waals surface area contributed by atoms with Gasteiger partial charge in [0.25, 0.3) is 0 Å². The summed E-state index contributed by atoms with van der Waals surface area (Å²) in [5.41, 5.74) is 4.89. The third-order valence-electron chi connectivity index (χ3n) is 3.31. The van der Waals surface area contributed by atoms with Gasteiger partial charge in [0.2, 0.25) is 0 Å². The molecule has 1 aliphatic rings. The molecule has 3 rings (SSSR count). The van der Waals surface area contributed by atoms with Crippen LogP contribution in [-0.4, -0.2) is 4.98 Å². The first-order chi connectivity index (χ1) is 9.29. The number of benzene rings is 1. The van der Waals surface area contributed by atoms with E-state index >= 15 is 0 Å². The minimum absolute atomic E-state index is 0.268. The molecule has 3 heteroatoms. The maximum absolute atomic E-state index is 8.89. The summed E-state index contributed by atoms with van der Waals surface area (Å²) in [7, 11) is 0. The zero-order chi connectivity index (χ0) is 13.2. The molecule has 0 unspecified atom stereocenters. The monoisotopic (exact) mass is 266 g/mol. The highest BCUT2D eigenvalue weighted by Gasteiger charge is 2.15. The summed E-state index contributed by atoms with van der Waals surface area (Å²) >= 11 is 6.02. The molecule has 0 saturated heterocycles. The second kappa shape index (κ2) is 4.87. The average molecular weight is 267 g/mol. The molecule has 0 bridgehead atoms. The number of rotatable bonds is 1. The minimum Gasteiger partial charge on any atom is -0.235 e. The maximum atomic E-state index is 8.89. The largest absolute Gasteiger partial charge is 0.235 e. The Labute approximate surface area is 117 Å². The zero-order valence-corrected chi connectivity index (χ0v) is 11.0. The van der Waals surface area contributed by atoms with E-state index in [0.717, 1.165) is 24.1 Å². The van der Waals surface area contributed by atoms with Crippen molar-refractivity contribution in [3.05, 3.63) is 70.0 Å². The van der Waals surface area contributed by atoms with Crippen LogP contribution in [-0.2, 0) is 6.42 Å². The Kier molecular flexibility index (Phi) is 3.06. The standard InChI is InChI=1S/C16H11ClN2/c17-16-12(10-18)8-9-15(19-16)14-7-3-5-11-4-1-2-6-13(11)14/h1-2,4,6-9H,3,5H2. The van der Waals surface area contributed by atoms with Gasteiger partial charge in [-0.05, 0) is 36.1 Å². The fourth-order valence-electron chi connectivity index (χ4n) is 2.39. The molecule has 0 atom stereocenters. The van der Waals surface area contributed by atoms with E-state index in [9.17, 15) is 0 Å².